The van der Waals surface area contributed by atoms with Crippen molar-refractivity contribution in [2.24, 2.45) is 0 Å². The maximum atomic E-state index is 16.1. The maximum Gasteiger partial charge on any atom is 0.238 e. The Morgan fingerprint density at radius 1 is 1.02 bits per heavy atom. The molecule has 2 aliphatic heterocycles. The molecule has 0 saturated carbocycles. The van der Waals surface area contributed by atoms with Gasteiger partial charge in [-0.2, -0.15) is 0 Å². The molecule has 1 N–H and O–H groups in total. The SMILES string of the molecule is CC(C)Oc1ccc(F)c(F)c1C1N(CCCCl)C(=O)CC(c2cccc(Cl)c2)C12C(=O)Nc1cc(Cl)ccc12.COC(C)[Si](C)(C)C. The normalized spacial score (nSPS) is 21.1. The molecule has 4 atom stereocenters. The van der Waals surface area contributed by atoms with Gasteiger partial charge in [0.2, 0.25) is 11.8 Å². The standard InChI is InChI=1S/C30H27Cl3F2N2O3.C6H16OSi/c1-16(2)40-24-10-9-22(34)27(35)26(24)28-30(20-8-7-19(33)14-23(20)36-29(30)39)21(17-5-3-6-18(32)13-17)15-25(38)37(28)12-4-11-31;1-6(7-2)8(3,4)5/h3,5-10,13-14,16,21,28H,4,11-12,15H2,1-2H3,(H,36,39);6H,1-5H3. The van der Waals surface area contributed by atoms with Crippen LogP contribution in [0.15, 0.2) is 54.6 Å². The number of rotatable bonds is 9. The van der Waals surface area contributed by atoms with Crippen molar-refractivity contribution >= 4 is 60.4 Å². The van der Waals surface area contributed by atoms with Crippen molar-refractivity contribution in [3.05, 3.63) is 93.0 Å². The summed E-state index contributed by atoms with van der Waals surface area (Å²) < 4.78 is 42.3. The Hall–Kier alpha value is -2.69. The minimum atomic E-state index is -1.59. The number of fused-ring (bicyclic) bond motifs is 2. The number of anilines is 1. The third-order valence-electron chi connectivity index (χ3n) is 9.13. The number of hydrogen-bond donors (Lipinski definition) is 1. The molecule has 2 amide bonds. The molecule has 5 rings (SSSR count). The number of carbonyl (C=O) groups is 2. The highest BCUT2D eigenvalue weighted by Gasteiger charge is 2.64. The molecule has 0 aromatic heterocycles. The van der Waals surface area contributed by atoms with E-state index >= 15 is 8.78 Å². The Morgan fingerprint density at radius 3 is 2.29 bits per heavy atom. The van der Waals surface area contributed by atoms with Crippen LogP contribution in [0.4, 0.5) is 14.5 Å². The molecule has 2 heterocycles. The molecular formula is C36H43Cl3F2N2O4Si. The number of halogens is 5. The molecule has 3 aromatic rings. The van der Waals surface area contributed by atoms with E-state index in [4.69, 9.17) is 44.3 Å². The van der Waals surface area contributed by atoms with Gasteiger partial charge in [0.1, 0.15) is 11.2 Å². The van der Waals surface area contributed by atoms with Crippen molar-refractivity contribution in [1.82, 2.24) is 4.90 Å². The molecule has 2 aliphatic rings. The molecule has 12 heteroatoms. The Kier molecular flexibility index (Phi) is 12.3. The van der Waals surface area contributed by atoms with Gasteiger partial charge in [0.15, 0.2) is 11.6 Å². The van der Waals surface area contributed by atoms with E-state index in [9.17, 15) is 9.59 Å². The summed E-state index contributed by atoms with van der Waals surface area (Å²) in [5, 5.41) is 3.72. The van der Waals surface area contributed by atoms with Crippen LogP contribution in [0.1, 0.15) is 62.3 Å². The number of benzene rings is 3. The van der Waals surface area contributed by atoms with Crippen molar-refractivity contribution in [3.8, 4) is 5.75 Å². The summed E-state index contributed by atoms with van der Waals surface area (Å²) in [5.74, 6) is -3.63. The number of hydrogen-bond acceptors (Lipinski definition) is 4. The average Bonchev–Trinajstić information content (AvgIpc) is 3.29. The molecule has 1 saturated heterocycles. The molecular weight excluding hydrogens is 697 g/mol. The summed E-state index contributed by atoms with van der Waals surface area (Å²) in [5.41, 5.74) is 0.255. The van der Waals surface area contributed by atoms with E-state index in [1.807, 2.05) is 0 Å². The van der Waals surface area contributed by atoms with Crippen LogP contribution in [-0.2, 0) is 19.7 Å². The van der Waals surface area contributed by atoms with Gasteiger partial charge < -0.3 is 19.7 Å². The quantitative estimate of drug-likeness (QED) is 0.175. The molecule has 48 heavy (non-hydrogen) atoms. The highest BCUT2D eigenvalue weighted by atomic mass is 35.5. The van der Waals surface area contributed by atoms with E-state index in [1.54, 1.807) is 63.4 Å². The number of methoxy groups -OCH3 is 1. The summed E-state index contributed by atoms with van der Waals surface area (Å²) in [7, 11) is 0.798. The number of carbonyl (C=O) groups excluding carboxylic acids is 2. The second-order valence-corrected chi connectivity index (χ2v) is 20.3. The van der Waals surface area contributed by atoms with Gasteiger partial charge >= 0.3 is 0 Å². The second-order valence-electron chi connectivity index (χ2n) is 13.5. The summed E-state index contributed by atoms with van der Waals surface area (Å²) in [6.07, 6.45) is -0.109. The number of nitrogens with one attached hydrogen (secondary N) is 1. The highest BCUT2D eigenvalue weighted by molar-refractivity contribution is 6.77. The van der Waals surface area contributed by atoms with E-state index in [2.05, 4.69) is 31.9 Å². The average molecular weight is 740 g/mol. The van der Waals surface area contributed by atoms with Crippen molar-refractivity contribution in [1.29, 1.82) is 0 Å². The van der Waals surface area contributed by atoms with E-state index in [0.29, 0.717) is 39.0 Å². The molecule has 3 aromatic carbocycles. The van der Waals surface area contributed by atoms with Crippen LogP contribution in [0.2, 0.25) is 29.7 Å². The first-order valence-electron chi connectivity index (χ1n) is 16.0. The van der Waals surface area contributed by atoms with Crippen LogP contribution in [0, 0.1) is 11.6 Å². The molecule has 6 nitrogen and oxygen atoms in total. The molecule has 1 fully saturated rings. The van der Waals surface area contributed by atoms with E-state index < -0.39 is 49.1 Å². The third kappa shape index (κ3) is 7.55. The largest absolute Gasteiger partial charge is 0.491 e. The van der Waals surface area contributed by atoms with Crippen molar-refractivity contribution in [2.75, 3.05) is 24.9 Å². The molecule has 260 valence electrons. The van der Waals surface area contributed by atoms with Gasteiger partial charge in [0.25, 0.3) is 0 Å². The first-order chi connectivity index (χ1) is 22.6. The third-order valence-corrected chi connectivity index (χ3v) is 12.5. The molecule has 0 aliphatic carbocycles. The lowest BCUT2D eigenvalue weighted by Crippen LogP contribution is -2.58. The minimum absolute atomic E-state index is 0.0453. The summed E-state index contributed by atoms with van der Waals surface area (Å²) in [6.45, 7) is 12.7. The lowest BCUT2D eigenvalue weighted by atomic mass is 9.58. The Balaban J connectivity index is 0.000000579. The topological polar surface area (TPSA) is 67.9 Å². The van der Waals surface area contributed by atoms with Crippen LogP contribution >= 0.6 is 34.8 Å². The lowest BCUT2D eigenvalue weighted by Gasteiger charge is -2.51. The fourth-order valence-corrected chi connectivity index (χ4v) is 7.66. The van der Waals surface area contributed by atoms with Crippen LogP contribution in [0.3, 0.4) is 0 Å². The summed E-state index contributed by atoms with van der Waals surface area (Å²) in [6, 6.07) is 12.9. The molecule has 4 unspecified atom stereocenters. The van der Waals surface area contributed by atoms with Gasteiger partial charge in [0, 0.05) is 53.3 Å². The minimum Gasteiger partial charge on any atom is -0.491 e. The van der Waals surface area contributed by atoms with Crippen LogP contribution in [0.25, 0.3) is 0 Å². The van der Waals surface area contributed by atoms with Gasteiger partial charge in [0.05, 0.1) is 25.8 Å². The number of ether oxygens (including phenoxy) is 2. The smallest absolute Gasteiger partial charge is 0.238 e. The Labute approximate surface area is 298 Å². The van der Waals surface area contributed by atoms with Gasteiger partial charge in [-0.1, -0.05) is 61.0 Å². The molecule has 1 spiro atoms. The predicted octanol–water partition coefficient (Wildman–Crippen LogP) is 9.53. The number of piperidine rings is 1. The number of nitrogens with zero attached hydrogens (tertiary/aromatic N) is 1. The van der Waals surface area contributed by atoms with Gasteiger partial charge in [-0.25, -0.2) is 8.78 Å². The van der Waals surface area contributed by atoms with Gasteiger partial charge in [-0.05, 0) is 74.7 Å². The summed E-state index contributed by atoms with van der Waals surface area (Å²) in [4.78, 5) is 29.8. The second kappa shape index (κ2) is 15.5. The maximum absolute atomic E-state index is 16.1. The van der Waals surface area contributed by atoms with Gasteiger partial charge in [-0.15, -0.1) is 11.6 Å². The van der Waals surface area contributed by atoms with Gasteiger partial charge in [-0.3, -0.25) is 9.59 Å². The zero-order chi connectivity index (χ0) is 35.6. The number of likely N-dealkylation sites (tertiary alicyclic amines) is 1. The van der Waals surface area contributed by atoms with Crippen LogP contribution in [0.5, 0.6) is 5.75 Å². The number of amides is 2. The fourth-order valence-electron chi connectivity index (χ4n) is 6.46. The lowest BCUT2D eigenvalue weighted by molar-refractivity contribution is -0.145. The summed E-state index contributed by atoms with van der Waals surface area (Å²) >= 11 is 18.7. The predicted molar refractivity (Wildman–Crippen MR) is 192 cm³/mol. The first-order valence-corrected chi connectivity index (χ1v) is 20.8. The van der Waals surface area contributed by atoms with Crippen molar-refractivity contribution < 1.29 is 27.8 Å². The van der Waals surface area contributed by atoms with Crippen LogP contribution in [-0.4, -0.2) is 56.2 Å². The highest BCUT2D eigenvalue weighted by Crippen LogP contribution is 2.61. The zero-order valence-corrected chi connectivity index (χ0v) is 31.6. The zero-order valence-electron chi connectivity index (χ0n) is 28.3. The van der Waals surface area contributed by atoms with Crippen molar-refractivity contribution in [3.63, 3.8) is 0 Å². The Bertz CT molecular complexity index is 1650. The fraction of sp³-hybridized carbons (Fsp3) is 0.444. The van der Waals surface area contributed by atoms with E-state index in [-0.39, 0.29) is 36.1 Å². The molecule has 0 radical (unpaired) electrons. The molecule has 0 bridgehead atoms. The monoisotopic (exact) mass is 738 g/mol. The van der Waals surface area contributed by atoms with E-state index in [0.717, 1.165) is 6.07 Å². The number of alkyl halides is 1. The van der Waals surface area contributed by atoms with Crippen molar-refractivity contribution in [2.45, 2.75) is 82.5 Å². The Morgan fingerprint density at radius 2 is 1.71 bits per heavy atom. The van der Waals surface area contributed by atoms with Crippen LogP contribution < -0.4 is 10.1 Å². The van der Waals surface area contributed by atoms with E-state index in [1.165, 1.54) is 11.0 Å². The first kappa shape index (κ1) is 38.1.